The van der Waals surface area contributed by atoms with Gasteiger partial charge >= 0.3 is 35.8 Å². The Morgan fingerprint density at radius 3 is 0.921 bits per heavy atom. The van der Waals surface area contributed by atoms with Crippen molar-refractivity contribution >= 4 is 35.8 Å². The predicted molar refractivity (Wildman–Crippen MR) is 124 cm³/mol. The highest BCUT2D eigenvalue weighted by atomic mass is 16.4. The third-order valence-electron chi connectivity index (χ3n) is 4.28. The Hall–Kier alpha value is -5.92. The van der Waals surface area contributed by atoms with Crippen LogP contribution in [0.5, 0.6) is 11.5 Å². The third-order valence-corrected chi connectivity index (χ3v) is 4.28. The average molecular weight is 530 g/mol. The van der Waals surface area contributed by atoms with Gasteiger partial charge in [-0.1, -0.05) is 6.07 Å². The van der Waals surface area contributed by atoms with Gasteiger partial charge in [0.25, 0.3) is 0 Å². The molecule has 14 heteroatoms. The molecule has 0 fully saturated rings. The summed E-state index contributed by atoms with van der Waals surface area (Å²) < 4.78 is 0. The van der Waals surface area contributed by atoms with Gasteiger partial charge in [-0.15, -0.1) is 0 Å². The van der Waals surface area contributed by atoms with Gasteiger partial charge in [0.2, 0.25) is 0 Å². The number of carbonyl (C=O) groups is 6. The second kappa shape index (κ2) is 13.2. The minimum absolute atomic E-state index is 0.0880. The fraction of sp³-hybridized carbons (Fsp3) is 0. The Balaban J connectivity index is 0.000000298. The number of phenolic OH excluding ortho intramolecular Hbond substituents is 2. The van der Waals surface area contributed by atoms with Crippen LogP contribution in [-0.4, -0.2) is 76.7 Å². The molecule has 0 heterocycles. The van der Waals surface area contributed by atoms with Crippen LogP contribution in [0.4, 0.5) is 0 Å². The summed E-state index contributed by atoms with van der Waals surface area (Å²) in [6.45, 7) is 0. The normalized spacial score (nSPS) is 9.47. The van der Waals surface area contributed by atoms with E-state index in [-0.39, 0.29) is 22.6 Å². The van der Waals surface area contributed by atoms with Gasteiger partial charge in [0.1, 0.15) is 11.5 Å². The Labute approximate surface area is 211 Å². The van der Waals surface area contributed by atoms with E-state index in [0.29, 0.717) is 0 Å². The standard InChI is InChI=1S/2C9H6O6.C6H6O2/c2*10-7(11)4-1-2-5(8(12)13)6(3-4)9(14)15;7-5-2-1-3-6(8)4-5/h2*1-3H,(H,10,11)(H,12,13)(H,14,15);1-4,7-8H. The van der Waals surface area contributed by atoms with E-state index >= 15 is 0 Å². The van der Waals surface area contributed by atoms with Crippen LogP contribution < -0.4 is 0 Å². The quantitative estimate of drug-likeness (QED) is 0.228. The largest absolute Gasteiger partial charge is 0.508 e. The van der Waals surface area contributed by atoms with E-state index in [1.54, 1.807) is 6.07 Å². The molecule has 0 radical (unpaired) electrons. The second-order valence-corrected chi connectivity index (χ2v) is 6.87. The minimum Gasteiger partial charge on any atom is -0.508 e. The molecule has 8 N–H and O–H groups in total. The van der Waals surface area contributed by atoms with E-state index in [0.717, 1.165) is 36.4 Å². The Kier molecular flexibility index (Phi) is 10.5. The SMILES string of the molecule is O=C(O)c1ccc(C(=O)O)c(C(=O)O)c1.O=C(O)c1ccc(C(=O)O)c(C(=O)O)c1.Oc1cccc(O)c1. The number of benzene rings is 3. The highest BCUT2D eigenvalue weighted by molar-refractivity contribution is 6.04. The molecule has 3 aromatic carbocycles. The van der Waals surface area contributed by atoms with Crippen LogP contribution in [0, 0.1) is 0 Å². The molecule has 0 aliphatic heterocycles. The zero-order valence-electron chi connectivity index (χ0n) is 18.8. The number of phenols is 2. The number of carboxylic acid groups (broad SMARTS) is 6. The molecule has 0 aliphatic rings. The van der Waals surface area contributed by atoms with Gasteiger partial charge in [0.15, 0.2) is 0 Å². The molecule has 0 aliphatic carbocycles. The van der Waals surface area contributed by atoms with Crippen molar-refractivity contribution in [3.63, 3.8) is 0 Å². The van der Waals surface area contributed by atoms with Gasteiger partial charge in [0, 0.05) is 6.07 Å². The van der Waals surface area contributed by atoms with E-state index in [4.69, 9.17) is 40.9 Å². The molecule has 0 aromatic heterocycles. The zero-order chi connectivity index (χ0) is 29.2. The molecule has 0 spiro atoms. The molecule has 198 valence electrons. The molecule has 3 rings (SSSR count). The van der Waals surface area contributed by atoms with Crippen molar-refractivity contribution in [3.05, 3.63) is 94.0 Å². The molecule has 0 bridgehead atoms. The lowest BCUT2D eigenvalue weighted by Gasteiger charge is -2.02. The molecule has 14 nitrogen and oxygen atoms in total. The fourth-order valence-corrected chi connectivity index (χ4v) is 2.57. The molecule has 38 heavy (non-hydrogen) atoms. The Morgan fingerprint density at radius 1 is 0.395 bits per heavy atom. The predicted octanol–water partition coefficient (Wildman–Crippen LogP) is 2.66. The van der Waals surface area contributed by atoms with Crippen molar-refractivity contribution in [1.29, 1.82) is 0 Å². The maximum atomic E-state index is 10.6. The molecule has 0 saturated carbocycles. The van der Waals surface area contributed by atoms with Crippen molar-refractivity contribution in [2.24, 2.45) is 0 Å². The van der Waals surface area contributed by atoms with E-state index in [1.807, 2.05) is 0 Å². The zero-order valence-corrected chi connectivity index (χ0v) is 18.8. The maximum Gasteiger partial charge on any atom is 0.336 e. The van der Waals surface area contributed by atoms with Crippen LogP contribution >= 0.6 is 0 Å². The van der Waals surface area contributed by atoms with Gasteiger partial charge in [-0.2, -0.15) is 0 Å². The van der Waals surface area contributed by atoms with E-state index in [2.05, 4.69) is 0 Å². The summed E-state index contributed by atoms with van der Waals surface area (Å²) in [6, 6.07) is 11.5. The van der Waals surface area contributed by atoms with Gasteiger partial charge in [-0.3, -0.25) is 0 Å². The first-order chi connectivity index (χ1) is 17.6. The molecule has 0 saturated heterocycles. The summed E-state index contributed by atoms with van der Waals surface area (Å²) in [6.07, 6.45) is 0. The first kappa shape index (κ1) is 30.1. The minimum atomic E-state index is -1.48. The van der Waals surface area contributed by atoms with Crippen LogP contribution in [0.1, 0.15) is 62.1 Å². The summed E-state index contributed by atoms with van der Waals surface area (Å²) in [7, 11) is 0. The van der Waals surface area contributed by atoms with E-state index in [9.17, 15) is 28.8 Å². The monoisotopic (exact) mass is 530 g/mol. The van der Waals surface area contributed by atoms with Crippen LogP contribution in [0.3, 0.4) is 0 Å². The number of hydrogen-bond acceptors (Lipinski definition) is 8. The summed E-state index contributed by atoms with van der Waals surface area (Å²) in [5.41, 5.74) is -2.49. The smallest absolute Gasteiger partial charge is 0.336 e. The lowest BCUT2D eigenvalue weighted by molar-refractivity contribution is 0.0648. The van der Waals surface area contributed by atoms with Crippen LogP contribution in [0.2, 0.25) is 0 Å². The number of aromatic carboxylic acids is 6. The fourth-order valence-electron chi connectivity index (χ4n) is 2.57. The van der Waals surface area contributed by atoms with Crippen LogP contribution in [-0.2, 0) is 0 Å². The second-order valence-electron chi connectivity index (χ2n) is 6.87. The summed E-state index contributed by atoms with van der Waals surface area (Å²) in [5.74, 6) is -8.22. The number of hydrogen-bond donors (Lipinski definition) is 8. The first-order valence-electron chi connectivity index (χ1n) is 9.81. The molecule has 3 aromatic rings. The van der Waals surface area contributed by atoms with E-state index < -0.39 is 58.1 Å². The van der Waals surface area contributed by atoms with Gasteiger partial charge in [0.05, 0.1) is 33.4 Å². The number of carboxylic acids is 6. The molecular weight excluding hydrogens is 512 g/mol. The van der Waals surface area contributed by atoms with Crippen molar-refractivity contribution < 1.29 is 69.6 Å². The van der Waals surface area contributed by atoms with Crippen molar-refractivity contribution in [3.8, 4) is 11.5 Å². The Bertz CT molecular complexity index is 1300. The van der Waals surface area contributed by atoms with Crippen LogP contribution in [0.15, 0.2) is 60.7 Å². The lowest BCUT2D eigenvalue weighted by Crippen LogP contribution is -2.10. The summed E-state index contributed by atoms with van der Waals surface area (Å²) in [4.78, 5) is 63.5. The van der Waals surface area contributed by atoms with Crippen LogP contribution in [0.25, 0.3) is 0 Å². The van der Waals surface area contributed by atoms with Crippen molar-refractivity contribution in [2.45, 2.75) is 0 Å². The summed E-state index contributed by atoms with van der Waals surface area (Å²) >= 11 is 0. The first-order valence-corrected chi connectivity index (χ1v) is 9.81. The summed E-state index contributed by atoms with van der Waals surface area (Å²) in [5, 5.41) is 69.1. The maximum absolute atomic E-state index is 10.6. The lowest BCUT2D eigenvalue weighted by atomic mass is 10.0. The van der Waals surface area contributed by atoms with Crippen molar-refractivity contribution in [2.75, 3.05) is 0 Å². The van der Waals surface area contributed by atoms with Gasteiger partial charge < -0.3 is 40.9 Å². The van der Waals surface area contributed by atoms with Gasteiger partial charge in [-0.05, 0) is 48.5 Å². The molecule has 0 amide bonds. The Morgan fingerprint density at radius 2 is 0.711 bits per heavy atom. The molecule has 0 atom stereocenters. The van der Waals surface area contributed by atoms with Gasteiger partial charge in [-0.25, -0.2) is 28.8 Å². The number of aromatic hydroxyl groups is 2. The molecular formula is C24H18O14. The number of rotatable bonds is 6. The van der Waals surface area contributed by atoms with E-state index in [1.165, 1.54) is 18.2 Å². The van der Waals surface area contributed by atoms with Crippen molar-refractivity contribution in [1.82, 2.24) is 0 Å². The third kappa shape index (κ3) is 8.70. The average Bonchev–Trinajstić information content (AvgIpc) is 2.83. The highest BCUT2D eigenvalue weighted by Crippen LogP contribution is 2.15. The molecule has 0 unspecified atom stereocenters. The topological polar surface area (TPSA) is 264 Å². The highest BCUT2D eigenvalue weighted by Gasteiger charge is 2.19.